The summed E-state index contributed by atoms with van der Waals surface area (Å²) in [5.74, 6) is -0.796. The van der Waals surface area contributed by atoms with Gasteiger partial charge in [0.25, 0.3) is 0 Å². The van der Waals surface area contributed by atoms with Gasteiger partial charge in [-0.2, -0.15) is 0 Å². The number of carboxylic acids is 1. The minimum Gasteiger partial charge on any atom is -0.480 e. The summed E-state index contributed by atoms with van der Waals surface area (Å²) in [6.07, 6.45) is 0. The Balaban J connectivity index is 2.87. The van der Waals surface area contributed by atoms with Crippen LogP contribution in [0.5, 0.6) is 0 Å². The van der Waals surface area contributed by atoms with Gasteiger partial charge in [-0.15, -0.1) is 0 Å². The standard InChI is InChI=1S/C11H15NO2/c1-3-12(9(2)11(13)14)10-7-5-4-6-8-10/h4-9H,3H2,1-2H3,(H,13,14). The molecule has 0 aliphatic carbocycles. The lowest BCUT2D eigenvalue weighted by atomic mass is 10.2. The van der Waals surface area contributed by atoms with Crippen molar-refractivity contribution in [3.63, 3.8) is 0 Å². The number of carbonyl (C=O) groups is 1. The molecular formula is C11H15NO2. The molecule has 0 aliphatic rings. The van der Waals surface area contributed by atoms with Gasteiger partial charge in [0.1, 0.15) is 6.04 Å². The molecule has 0 aromatic heterocycles. The van der Waals surface area contributed by atoms with E-state index in [-0.39, 0.29) is 0 Å². The third kappa shape index (κ3) is 2.25. The summed E-state index contributed by atoms with van der Waals surface area (Å²) in [6.45, 7) is 4.34. The highest BCUT2D eigenvalue weighted by Gasteiger charge is 2.18. The summed E-state index contributed by atoms with van der Waals surface area (Å²) in [5, 5.41) is 8.90. The Morgan fingerprint density at radius 1 is 1.43 bits per heavy atom. The van der Waals surface area contributed by atoms with E-state index >= 15 is 0 Å². The summed E-state index contributed by atoms with van der Waals surface area (Å²) in [4.78, 5) is 12.7. The maximum absolute atomic E-state index is 10.8. The normalized spacial score (nSPS) is 12.1. The monoisotopic (exact) mass is 193 g/mol. The van der Waals surface area contributed by atoms with Gasteiger partial charge in [-0.1, -0.05) is 18.2 Å². The molecular weight excluding hydrogens is 178 g/mol. The van der Waals surface area contributed by atoms with Gasteiger partial charge in [0, 0.05) is 12.2 Å². The summed E-state index contributed by atoms with van der Waals surface area (Å²) >= 11 is 0. The molecule has 1 rings (SSSR count). The summed E-state index contributed by atoms with van der Waals surface area (Å²) in [5.41, 5.74) is 0.949. The molecule has 0 fully saturated rings. The van der Waals surface area contributed by atoms with Gasteiger partial charge in [-0.3, -0.25) is 0 Å². The molecule has 3 nitrogen and oxygen atoms in total. The number of hydrogen-bond donors (Lipinski definition) is 1. The van der Waals surface area contributed by atoms with Gasteiger partial charge in [-0.05, 0) is 26.0 Å². The molecule has 0 aliphatic heterocycles. The van der Waals surface area contributed by atoms with E-state index in [1.54, 1.807) is 6.92 Å². The van der Waals surface area contributed by atoms with Crippen molar-refractivity contribution < 1.29 is 9.90 Å². The van der Waals surface area contributed by atoms with E-state index in [0.717, 1.165) is 5.69 Å². The summed E-state index contributed by atoms with van der Waals surface area (Å²) in [7, 11) is 0. The van der Waals surface area contributed by atoms with Crippen molar-refractivity contribution in [1.82, 2.24) is 0 Å². The predicted molar refractivity (Wildman–Crippen MR) is 56.6 cm³/mol. The van der Waals surface area contributed by atoms with Crippen LogP contribution in [0.3, 0.4) is 0 Å². The zero-order chi connectivity index (χ0) is 10.6. The van der Waals surface area contributed by atoms with Gasteiger partial charge < -0.3 is 10.0 Å². The number of benzene rings is 1. The van der Waals surface area contributed by atoms with Crippen LogP contribution in [-0.2, 0) is 4.79 Å². The Bertz CT molecular complexity index is 297. The quantitative estimate of drug-likeness (QED) is 0.795. The Hall–Kier alpha value is -1.51. The van der Waals surface area contributed by atoms with E-state index in [9.17, 15) is 4.79 Å². The minimum atomic E-state index is -0.796. The van der Waals surface area contributed by atoms with Gasteiger partial charge in [-0.25, -0.2) is 4.79 Å². The third-order valence-electron chi connectivity index (χ3n) is 2.25. The first kappa shape index (κ1) is 10.6. The zero-order valence-corrected chi connectivity index (χ0v) is 8.47. The molecule has 14 heavy (non-hydrogen) atoms. The van der Waals surface area contributed by atoms with E-state index in [2.05, 4.69) is 0 Å². The smallest absolute Gasteiger partial charge is 0.326 e. The first-order valence-corrected chi connectivity index (χ1v) is 4.71. The fraction of sp³-hybridized carbons (Fsp3) is 0.364. The van der Waals surface area contributed by atoms with Gasteiger partial charge >= 0.3 is 5.97 Å². The number of para-hydroxylation sites is 1. The lowest BCUT2D eigenvalue weighted by molar-refractivity contribution is -0.138. The lowest BCUT2D eigenvalue weighted by Gasteiger charge is -2.27. The number of nitrogens with zero attached hydrogens (tertiary/aromatic N) is 1. The van der Waals surface area contributed by atoms with Crippen molar-refractivity contribution in [3.8, 4) is 0 Å². The van der Waals surface area contributed by atoms with E-state index in [0.29, 0.717) is 6.54 Å². The molecule has 0 radical (unpaired) electrons. The van der Waals surface area contributed by atoms with Gasteiger partial charge in [0.05, 0.1) is 0 Å². The number of aliphatic carboxylic acids is 1. The van der Waals surface area contributed by atoms with Crippen molar-refractivity contribution in [2.75, 3.05) is 11.4 Å². The number of likely N-dealkylation sites (N-methyl/N-ethyl adjacent to an activating group) is 1. The molecule has 1 aromatic carbocycles. The topological polar surface area (TPSA) is 40.5 Å². The Morgan fingerprint density at radius 3 is 2.43 bits per heavy atom. The average Bonchev–Trinajstić information content (AvgIpc) is 2.20. The molecule has 0 spiro atoms. The van der Waals surface area contributed by atoms with Crippen LogP contribution in [0.1, 0.15) is 13.8 Å². The van der Waals surface area contributed by atoms with Gasteiger partial charge in [0.15, 0.2) is 0 Å². The SMILES string of the molecule is CCN(c1ccccc1)C(C)C(=O)O. The van der Waals surface area contributed by atoms with Crippen LogP contribution in [0.15, 0.2) is 30.3 Å². The number of rotatable bonds is 4. The van der Waals surface area contributed by atoms with Crippen LogP contribution >= 0.6 is 0 Å². The number of carboxylic acid groups (broad SMARTS) is 1. The van der Waals surface area contributed by atoms with E-state index in [1.165, 1.54) is 0 Å². The van der Waals surface area contributed by atoms with Crippen molar-refractivity contribution in [2.45, 2.75) is 19.9 Å². The van der Waals surface area contributed by atoms with Gasteiger partial charge in [0.2, 0.25) is 0 Å². The Morgan fingerprint density at radius 2 is 2.00 bits per heavy atom. The minimum absolute atomic E-state index is 0.484. The molecule has 0 amide bonds. The maximum Gasteiger partial charge on any atom is 0.326 e. The number of anilines is 1. The first-order valence-electron chi connectivity index (χ1n) is 4.71. The second-order valence-electron chi connectivity index (χ2n) is 3.14. The molecule has 1 unspecified atom stereocenters. The van der Waals surface area contributed by atoms with Crippen LogP contribution in [0.4, 0.5) is 5.69 Å². The van der Waals surface area contributed by atoms with E-state index in [1.807, 2.05) is 42.2 Å². The van der Waals surface area contributed by atoms with Crippen molar-refractivity contribution in [3.05, 3.63) is 30.3 Å². The number of hydrogen-bond acceptors (Lipinski definition) is 2. The second-order valence-corrected chi connectivity index (χ2v) is 3.14. The molecule has 0 bridgehead atoms. The molecule has 0 saturated heterocycles. The van der Waals surface area contributed by atoms with Crippen molar-refractivity contribution >= 4 is 11.7 Å². The molecule has 1 atom stereocenters. The fourth-order valence-electron chi connectivity index (χ4n) is 1.43. The first-order chi connectivity index (χ1) is 6.66. The molecule has 0 saturated carbocycles. The van der Waals surface area contributed by atoms with Crippen LogP contribution in [0, 0.1) is 0 Å². The van der Waals surface area contributed by atoms with Crippen LogP contribution in [0.25, 0.3) is 0 Å². The Kier molecular flexibility index (Phi) is 3.51. The second kappa shape index (κ2) is 4.65. The van der Waals surface area contributed by atoms with E-state index in [4.69, 9.17) is 5.11 Å². The Labute approximate surface area is 84.0 Å². The average molecular weight is 193 g/mol. The van der Waals surface area contributed by atoms with Crippen LogP contribution in [-0.4, -0.2) is 23.7 Å². The molecule has 0 heterocycles. The van der Waals surface area contributed by atoms with Crippen molar-refractivity contribution in [1.29, 1.82) is 0 Å². The molecule has 3 heteroatoms. The highest BCUT2D eigenvalue weighted by molar-refractivity contribution is 5.77. The predicted octanol–water partition coefficient (Wildman–Crippen LogP) is 1.99. The van der Waals surface area contributed by atoms with Crippen LogP contribution < -0.4 is 4.90 Å². The van der Waals surface area contributed by atoms with E-state index < -0.39 is 12.0 Å². The third-order valence-corrected chi connectivity index (χ3v) is 2.25. The summed E-state index contributed by atoms with van der Waals surface area (Å²) < 4.78 is 0. The molecule has 1 N–H and O–H groups in total. The molecule has 1 aromatic rings. The zero-order valence-electron chi connectivity index (χ0n) is 8.47. The maximum atomic E-state index is 10.8. The molecule has 76 valence electrons. The highest BCUT2D eigenvalue weighted by atomic mass is 16.4. The summed E-state index contributed by atoms with van der Waals surface area (Å²) in [6, 6.07) is 9.09. The highest BCUT2D eigenvalue weighted by Crippen LogP contribution is 2.15. The lowest BCUT2D eigenvalue weighted by Crippen LogP contribution is -2.38. The fourth-order valence-corrected chi connectivity index (χ4v) is 1.43. The van der Waals surface area contributed by atoms with Crippen molar-refractivity contribution in [2.24, 2.45) is 0 Å². The largest absolute Gasteiger partial charge is 0.480 e. The van der Waals surface area contributed by atoms with Crippen LogP contribution in [0.2, 0.25) is 0 Å².